The Morgan fingerprint density at radius 2 is 1.59 bits per heavy atom. The topological polar surface area (TPSA) is 50.1 Å². The predicted molar refractivity (Wildman–Crippen MR) is 107 cm³/mol. The number of benzene rings is 2. The molecule has 0 N–H and O–H groups in total. The highest BCUT2D eigenvalue weighted by atomic mass is 15.6. The first-order valence-electron chi connectivity index (χ1n) is 9.60. The number of nitrogens with zero attached hydrogens (tertiary/aromatic N) is 6. The van der Waals surface area contributed by atoms with Crippen LogP contribution in [0.2, 0.25) is 0 Å². The SMILES string of the molecule is CC(C)c1ccc(CN2CCN(c3nnnn3-c3ccccc3)CC2)cc1. The highest BCUT2D eigenvalue weighted by molar-refractivity contribution is 5.40. The van der Waals surface area contributed by atoms with Crippen LogP contribution >= 0.6 is 0 Å². The van der Waals surface area contributed by atoms with Crippen molar-refractivity contribution in [3.63, 3.8) is 0 Å². The van der Waals surface area contributed by atoms with Crippen molar-refractivity contribution in [2.45, 2.75) is 26.3 Å². The summed E-state index contributed by atoms with van der Waals surface area (Å²) in [5.74, 6) is 1.40. The molecule has 1 saturated heterocycles. The van der Waals surface area contributed by atoms with E-state index in [0.29, 0.717) is 5.92 Å². The molecule has 140 valence electrons. The van der Waals surface area contributed by atoms with Crippen LogP contribution in [0.4, 0.5) is 5.95 Å². The van der Waals surface area contributed by atoms with Crippen molar-refractivity contribution in [3.05, 3.63) is 65.7 Å². The first-order valence-corrected chi connectivity index (χ1v) is 9.60. The third-order valence-corrected chi connectivity index (χ3v) is 5.16. The fourth-order valence-corrected chi connectivity index (χ4v) is 3.49. The number of tetrazole rings is 1. The van der Waals surface area contributed by atoms with Gasteiger partial charge in [-0.3, -0.25) is 4.90 Å². The second-order valence-corrected chi connectivity index (χ2v) is 7.39. The molecule has 2 heterocycles. The van der Waals surface area contributed by atoms with Crippen LogP contribution in [0.15, 0.2) is 54.6 Å². The fraction of sp³-hybridized carbons (Fsp3) is 0.381. The average Bonchev–Trinajstić information content (AvgIpc) is 3.19. The summed E-state index contributed by atoms with van der Waals surface area (Å²) in [5, 5.41) is 12.3. The summed E-state index contributed by atoms with van der Waals surface area (Å²) in [6, 6.07) is 19.1. The number of hydrogen-bond acceptors (Lipinski definition) is 5. The fourth-order valence-electron chi connectivity index (χ4n) is 3.49. The summed E-state index contributed by atoms with van der Waals surface area (Å²) in [6.45, 7) is 9.33. The highest BCUT2D eigenvalue weighted by Gasteiger charge is 2.22. The maximum absolute atomic E-state index is 4.26. The van der Waals surface area contributed by atoms with E-state index in [4.69, 9.17) is 0 Å². The van der Waals surface area contributed by atoms with Gasteiger partial charge in [0.1, 0.15) is 0 Å². The standard InChI is InChI=1S/C21H26N6/c1-17(2)19-10-8-18(9-11-19)16-25-12-14-26(15-13-25)21-22-23-24-27(21)20-6-4-3-5-7-20/h3-11,17H,12-16H2,1-2H3. The second kappa shape index (κ2) is 7.88. The average molecular weight is 362 g/mol. The summed E-state index contributed by atoms with van der Waals surface area (Å²) in [7, 11) is 0. The molecule has 27 heavy (non-hydrogen) atoms. The van der Waals surface area contributed by atoms with Crippen LogP contribution in [0.5, 0.6) is 0 Å². The number of piperazine rings is 1. The lowest BCUT2D eigenvalue weighted by Gasteiger charge is -2.34. The van der Waals surface area contributed by atoms with E-state index in [1.165, 1.54) is 11.1 Å². The van der Waals surface area contributed by atoms with Crippen molar-refractivity contribution in [1.29, 1.82) is 0 Å². The molecule has 6 nitrogen and oxygen atoms in total. The summed E-state index contributed by atoms with van der Waals surface area (Å²) in [4.78, 5) is 4.77. The van der Waals surface area contributed by atoms with Gasteiger partial charge in [-0.1, -0.05) is 61.4 Å². The van der Waals surface area contributed by atoms with Crippen LogP contribution in [0.3, 0.4) is 0 Å². The molecule has 4 rings (SSSR count). The van der Waals surface area contributed by atoms with E-state index in [2.05, 4.69) is 63.4 Å². The molecule has 3 aromatic rings. The van der Waals surface area contributed by atoms with Gasteiger partial charge in [-0.05, 0) is 39.6 Å². The highest BCUT2D eigenvalue weighted by Crippen LogP contribution is 2.19. The molecule has 0 atom stereocenters. The molecule has 6 heteroatoms. The zero-order valence-corrected chi connectivity index (χ0v) is 16.0. The van der Waals surface area contributed by atoms with E-state index in [1.807, 2.05) is 35.0 Å². The maximum atomic E-state index is 4.26. The molecule has 2 aromatic carbocycles. The molecule has 1 aliphatic rings. The molecule has 0 unspecified atom stereocenters. The van der Waals surface area contributed by atoms with Crippen molar-refractivity contribution in [1.82, 2.24) is 25.1 Å². The molecule has 0 radical (unpaired) electrons. The third-order valence-electron chi connectivity index (χ3n) is 5.16. The van der Waals surface area contributed by atoms with Crippen LogP contribution in [-0.4, -0.2) is 51.3 Å². The molecule has 0 amide bonds. The lowest BCUT2D eigenvalue weighted by molar-refractivity contribution is 0.248. The van der Waals surface area contributed by atoms with Crippen LogP contribution in [0.25, 0.3) is 5.69 Å². The lowest BCUT2D eigenvalue weighted by Crippen LogP contribution is -2.46. The number of para-hydroxylation sites is 1. The quantitative estimate of drug-likeness (QED) is 0.698. The van der Waals surface area contributed by atoms with Gasteiger partial charge in [-0.2, -0.15) is 4.68 Å². The van der Waals surface area contributed by atoms with Gasteiger partial charge < -0.3 is 4.90 Å². The van der Waals surface area contributed by atoms with E-state index < -0.39 is 0 Å². The van der Waals surface area contributed by atoms with Crippen molar-refractivity contribution < 1.29 is 0 Å². The molecule has 0 saturated carbocycles. The Hall–Kier alpha value is -2.73. The molecule has 1 aromatic heterocycles. The van der Waals surface area contributed by atoms with Crippen LogP contribution in [0, 0.1) is 0 Å². The Kier molecular flexibility index (Phi) is 5.16. The first-order chi connectivity index (χ1) is 13.2. The number of anilines is 1. The van der Waals surface area contributed by atoms with Crippen LogP contribution in [0.1, 0.15) is 30.9 Å². The van der Waals surface area contributed by atoms with Crippen molar-refractivity contribution >= 4 is 5.95 Å². The van der Waals surface area contributed by atoms with Crippen molar-refractivity contribution in [3.8, 4) is 5.69 Å². The zero-order valence-electron chi connectivity index (χ0n) is 16.0. The number of hydrogen-bond donors (Lipinski definition) is 0. The Labute approximate surface area is 160 Å². The van der Waals surface area contributed by atoms with Crippen molar-refractivity contribution in [2.75, 3.05) is 31.1 Å². The largest absolute Gasteiger partial charge is 0.337 e. The Bertz CT molecular complexity index is 848. The minimum Gasteiger partial charge on any atom is -0.337 e. The van der Waals surface area contributed by atoms with Crippen LogP contribution < -0.4 is 4.90 Å². The van der Waals surface area contributed by atoms with Gasteiger partial charge in [-0.25, -0.2) is 0 Å². The minimum atomic E-state index is 0.582. The number of rotatable bonds is 5. The monoisotopic (exact) mass is 362 g/mol. The minimum absolute atomic E-state index is 0.582. The van der Waals surface area contributed by atoms with Gasteiger partial charge >= 0.3 is 0 Å². The smallest absolute Gasteiger partial charge is 0.250 e. The Balaban J connectivity index is 1.38. The molecule has 0 bridgehead atoms. The Morgan fingerprint density at radius 1 is 0.889 bits per heavy atom. The van der Waals surface area contributed by atoms with E-state index in [9.17, 15) is 0 Å². The van der Waals surface area contributed by atoms with Gasteiger partial charge in [0.25, 0.3) is 0 Å². The van der Waals surface area contributed by atoms with Gasteiger partial charge in [0, 0.05) is 32.7 Å². The normalized spacial score (nSPS) is 15.4. The van der Waals surface area contributed by atoms with Gasteiger partial charge in [0.05, 0.1) is 5.69 Å². The van der Waals surface area contributed by atoms with E-state index >= 15 is 0 Å². The third kappa shape index (κ3) is 4.01. The van der Waals surface area contributed by atoms with Gasteiger partial charge in [-0.15, -0.1) is 0 Å². The first kappa shape index (κ1) is 17.7. The Morgan fingerprint density at radius 3 is 2.26 bits per heavy atom. The molecule has 1 fully saturated rings. The molecule has 0 aliphatic carbocycles. The van der Waals surface area contributed by atoms with Gasteiger partial charge in [0.2, 0.25) is 5.95 Å². The van der Waals surface area contributed by atoms with Gasteiger partial charge in [0.15, 0.2) is 0 Å². The molecule has 1 aliphatic heterocycles. The summed E-state index contributed by atoms with van der Waals surface area (Å²) in [6.07, 6.45) is 0. The molecular weight excluding hydrogens is 336 g/mol. The predicted octanol–water partition coefficient (Wildman–Crippen LogP) is 3.11. The van der Waals surface area contributed by atoms with E-state index in [-0.39, 0.29) is 0 Å². The number of aromatic nitrogens is 4. The summed E-state index contributed by atoms with van der Waals surface area (Å²) >= 11 is 0. The summed E-state index contributed by atoms with van der Waals surface area (Å²) in [5.41, 5.74) is 3.77. The van der Waals surface area contributed by atoms with Crippen LogP contribution in [-0.2, 0) is 6.54 Å². The summed E-state index contributed by atoms with van der Waals surface area (Å²) < 4.78 is 1.82. The van der Waals surface area contributed by atoms with Crippen molar-refractivity contribution in [2.24, 2.45) is 0 Å². The van der Waals surface area contributed by atoms with E-state index in [1.54, 1.807) is 0 Å². The maximum Gasteiger partial charge on any atom is 0.250 e. The second-order valence-electron chi connectivity index (χ2n) is 7.39. The molecular formula is C21H26N6. The molecule has 0 spiro atoms. The van der Waals surface area contributed by atoms with E-state index in [0.717, 1.165) is 44.4 Å². The lowest BCUT2D eigenvalue weighted by atomic mass is 10.0. The zero-order chi connectivity index (χ0) is 18.6.